The standard InChI is InChI=1S/C18H21N3O2/c22-18(15-6-5-13-21(23)14-15)19-16-7-9-17(10-8-16)20-11-3-1-2-4-12-20/h5-10,13-14H,1-4,11-12H2,(H,19,22). The lowest BCUT2D eigenvalue weighted by atomic mass is 10.2. The number of hydrogen-bond donors (Lipinski definition) is 1. The minimum absolute atomic E-state index is 0.280. The summed E-state index contributed by atoms with van der Waals surface area (Å²) in [5.41, 5.74) is 2.27. The van der Waals surface area contributed by atoms with Crippen LogP contribution in [0.1, 0.15) is 36.0 Å². The zero-order chi connectivity index (χ0) is 16.1. The monoisotopic (exact) mass is 311 g/mol. The molecule has 1 aliphatic heterocycles. The summed E-state index contributed by atoms with van der Waals surface area (Å²) in [6, 6.07) is 11.1. The van der Waals surface area contributed by atoms with E-state index in [9.17, 15) is 10.0 Å². The Hall–Kier alpha value is -2.56. The van der Waals surface area contributed by atoms with Gasteiger partial charge in [-0.05, 0) is 43.2 Å². The van der Waals surface area contributed by atoms with Gasteiger partial charge in [0.2, 0.25) is 0 Å². The van der Waals surface area contributed by atoms with Gasteiger partial charge >= 0.3 is 0 Å². The number of amides is 1. The van der Waals surface area contributed by atoms with E-state index in [0.29, 0.717) is 10.3 Å². The number of nitrogens with zero attached hydrogens (tertiary/aromatic N) is 2. The van der Waals surface area contributed by atoms with Crippen molar-refractivity contribution in [2.75, 3.05) is 23.3 Å². The van der Waals surface area contributed by atoms with E-state index >= 15 is 0 Å². The van der Waals surface area contributed by atoms with Crippen molar-refractivity contribution in [3.05, 3.63) is 59.6 Å². The van der Waals surface area contributed by atoms with Gasteiger partial charge in [-0.1, -0.05) is 12.8 Å². The van der Waals surface area contributed by atoms with Crippen molar-refractivity contribution < 1.29 is 9.52 Å². The Morgan fingerprint density at radius 3 is 2.39 bits per heavy atom. The number of anilines is 2. The van der Waals surface area contributed by atoms with Gasteiger partial charge in [-0.15, -0.1) is 0 Å². The molecule has 0 atom stereocenters. The quantitative estimate of drug-likeness (QED) is 0.700. The van der Waals surface area contributed by atoms with Crippen LogP contribution in [0, 0.1) is 5.21 Å². The Morgan fingerprint density at radius 1 is 1.04 bits per heavy atom. The molecule has 120 valence electrons. The number of carbonyl (C=O) groups is 1. The first-order valence-electron chi connectivity index (χ1n) is 8.07. The van der Waals surface area contributed by atoms with Crippen LogP contribution in [0.2, 0.25) is 0 Å². The molecule has 2 aromatic rings. The highest BCUT2D eigenvalue weighted by Crippen LogP contribution is 2.21. The molecule has 1 aromatic carbocycles. The summed E-state index contributed by atoms with van der Waals surface area (Å²) in [5.74, 6) is -0.280. The van der Waals surface area contributed by atoms with Crippen LogP contribution < -0.4 is 14.9 Å². The minimum Gasteiger partial charge on any atom is -0.619 e. The van der Waals surface area contributed by atoms with E-state index in [2.05, 4.69) is 10.2 Å². The summed E-state index contributed by atoms with van der Waals surface area (Å²) in [6.45, 7) is 2.19. The first-order valence-corrected chi connectivity index (χ1v) is 8.07. The molecule has 0 spiro atoms. The van der Waals surface area contributed by atoms with E-state index in [1.54, 1.807) is 12.1 Å². The molecule has 2 heterocycles. The third-order valence-electron chi connectivity index (χ3n) is 4.13. The number of nitrogens with one attached hydrogen (secondary N) is 1. The number of aromatic nitrogens is 1. The molecule has 5 heteroatoms. The summed E-state index contributed by atoms with van der Waals surface area (Å²) in [6.07, 6.45) is 7.71. The van der Waals surface area contributed by atoms with E-state index in [1.165, 1.54) is 43.8 Å². The highest BCUT2D eigenvalue weighted by molar-refractivity contribution is 6.03. The van der Waals surface area contributed by atoms with Crippen molar-refractivity contribution in [3.63, 3.8) is 0 Å². The van der Waals surface area contributed by atoms with Gasteiger partial charge in [-0.2, -0.15) is 4.73 Å². The second kappa shape index (κ2) is 7.13. The summed E-state index contributed by atoms with van der Waals surface area (Å²) < 4.78 is 0.622. The lowest BCUT2D eigenvalue weighted by Crippen LogP contribution is -2.27. The van der Waals surface area contributed by atoms with Crippen LogP contribution in [0.25, 0.3) is 0 Å². The van der Waals surface area contributed by atoms with Gasteiger partial charge in [-0.25, -0.2) is 0 Å². The number of rotatable bonds is 3. The van der Waals surface area contributed by atoms with E-state index in [4.69, 9.17) is 0 Å². The molecule has 23 heavy (non-hydrogen) atoms. The summed E-state index contributed by atoms with van der Waals surface area (Å²) in [7, 11) is 0. The van der Waals surface area contributed by atoms with Crippen molar-refractivity contribution in [1.82, 2.24) is 0 Å². The van der Waals surface area contributed by atoms with E-state index in [1.807, 2.05) is 24.3 Å². The van der Waals surface area contributed by atoms with Gasteiger partial charge in [0.15, 0.2) is 12.4 Å². The van der Waals surface area contributed by atoms with Crippen LogP contribution in [-0.4, -0.2) is 19.0 Å². The molecular formula is C18H21N3O2. The first-order chi connectivity index (χ1) is 11.2. The number of carbonyl (C=O) groups excluding carboxylic acids is 1. The molecule has 0 bridgehead atoms. The molecule has 0 radical (unpaired) electrons. The molecule has 1 N–H and O–H groups in total. The van der Waals surface area contributed by atoms with Crippen LogP contribution >= 0.6 is 0 Å². The van der Waals surface area contributed by atoms with Crippen LogP contribution in [-0.2, 0) is 0 Å². The van der Waals surface area contributed by atoms with Crippen molar-refractivity contribution in [2.24, 2.45) is 0 Å². The van der Waals surface area contributed by atoms with Gasteiger partial charge in [0, 0.05) is 30.5 Å². The number of benzene rings is 1. The largest absolute Gasteiger partial charge is 0.619 e. The van der Waals surface area contributed by atoms with Crippen molar-refractivity contribution >= 4 is 17.3 Å². The second-order valence-corrected chi connectivity index (χ2v) is 5.85. The highest BCUT2D eigenvalue weighted by Gasteiger charge is 2.11. The van der Waals surface area contributed by atoms with Gasteiger partial charge in [0.05, 0.1) is 0 Å². The maximum Gasteiger partial charge on any atom is 0.261 e. The maximum absolute atomic E-state index is 12.1. The summed E-state index contributed by atoms with van der Waals surface area (Å²) in [5, 5.41) is 14.0. The van der Waals surface area contributed by atoms with Gasteiger partial charge < -0.3 is 15.4 Å². The molecule has 0 aliphatic carbocycles. The van der Waals surface area contributed by atoms with E-state index < -0.39 is 0 Å². The maximum atomic E-state index is 12.1. The molecule has 1 saturated heterocycles. The molecule has 1 fully saturated rings. The zero-order valence-electron chi connectivity index (χ0n) is 13.1. The van der Waals surface area contributed by atoms with Crippen LogP contribution in [0.3, 0.4) is 0 Å². The normalized spacial score (nSPS) is 15.0. The summed E-state index contributed by atoms with van der Waals surface area (Å²) in [4.78, 5) is 14.5. The molecule has 3 rings (SSSR count). The second-order valence-electron chi connectivity index (χ2n) is 5.85. The molecule has 1 amide bonds. The average Bonchev–Trinajstić information content (AvgIpc) is 2.85. The van der Waals surface area contributed by atoms with Crippen molar-refractivity contribution in [1.29, 1.82) is 0 Å². The lowest BCUT2D eigenvalue weighted by Gasteiger charge is -2.22. The molecular weight excluding hydrogens is 290 g/mol. The third-order valence-corrected chi connectivity index (χ3v) is 4.13. The summed E-state index contributed by atoms with van der Waals surface area (Å²) >= 11 is 0. The number of hydrogen-bond acceptors (Lipinski definition) is 3. The zero-order valence-corrected chi connectivity index (χ0v) is 13.1. The van der Waals surface area contributed by atoms with Gasteiger partial charge in [0.1, 0.15) is 5.56 Å². The fourth-order valence-electron chi connectivity index (χ4n) is 2.88. The molecule has 1 aliphatic rings. The van der Waals surface area contributed by atoms with Crippen LogP contribution in [0.5, 0.6) is 0 Å². The Bertz CT molecular complexity index is 662. The molecule has 1 aromatic heterocycles. The van der Waals surface area contributed by atoms with Crippen molar-refractivity contribution in [2.45, 2.75) is 25.7 Å². The Balaban J connectivity index is 1.66. The first kappa shape index (κ1) is 15.3. The molecule has 5 nitrogen and oxygen atoms in total. The lowest BCUT2D eigenvalue weighted by molar-refractivity contribution is -0.605. The highest BCUT2D eigenvalue weighted by atomic mass is 16.5. The van der Waals surface area contributed by atoms with Crippen LogP contribution in [0.4, 0.5) is 11.4 Å². The Labute approximate surface area is 136 Å². The topological polar surface area (TPSA) is 59.3 Å². The average molecular weight is 311 g/mol. The van der Waals surface area contributed by atoms with E-state index in [0.717, 1.165) is 18.8 Å². The predicted molar refractivity (Wildman–Crippen MR) is 90.5 cm³/mol. The SMILES string of the molecule is O=C(Nc1ccc(N2CCCCCC2)cc1)c1ccc[n+]([O-])c1. The Kier molecular flexibility index (Phi) is 4.76. The van der Waals surface area contributed by atoms with Crippen molar-refractivity contribution in [3.8, 4) is 0 Å². The molecule has 0 saturated carbocycles. The minimum atomic E-state index is -0.280. The van der Waals surface area contributed by atoms with E-state index in [-0.39, 0.29) is 5.91 Å². The third kappa shape index (κ3) is 4.00. The fraction of sp³-hybridized carbons (Fsp3) is 0.333. The fourth-order valence-corrected chi connectivity index (χ4v) is 2.88. The van der Waals surface area contributed by atoms with Crippen LogP contribution in [0.15, 0.2) is 48.8 Å². The van der Waals surface area contributed by atoms with Gasteiger partial charge in [-0.3, -0.25) is 4.79 Å². The Morgan fingerprint density at radius 2 is 1.74 bits per heavy atom. The van der Waals surface area contributed by atoms with Gasteiger partial charge in [0.25, 0.3) is 5.91 Å². The predicted octanol–water partition coefficient (Wildman–Crippen LogP) is 2.95. The molecule has 0 unspecified atom stereocenters. The number of pyridine rings is 1. The smallest absolute Gasteiger partial charge is 0.261 e.